The molecule has 0 unspecified atom stereocenters. The first-order chi connectivity index (χ1) is 14.6. The lowest BCUT2D eigenvalue weighted by Crippen LogP contribution is -2.43. The lowest BCUT2D eigenvalue weighted by atomic mass is 9.95. The molecule has 168 valence electrons. The number of rotatable bonds is 6. The summed E-state index contributed by atoms with van der Waals surface area (Å²) in [6.07, 6.45) is 0.974. The van der Waals surface area contributed by atoms with Gasteiger partial charge in [-0.25, -0.2) is 12.7 Å². The van der Waals surface area contributed by atoms with E-state index in [4.69, 9.17) is 23.2 Å². The highest BCUT2D eigenvalue weighted by atomic mass is 35.5. The minimum Gasteiger partial charge on any atom is -0.349 e. The summed E-state index contributed by atoms with van der Waals surface area (Å²) in [7, 11) is -3.57. The van der Waals surface area contributed by atoms with Crippen molar-refractivity contribution >= 4 is 39.1 Å². The maximum Gasteiger partial charge on any atom is 0.223 e. The largest absolute Gasteiger partial charge is 0.349 e. The molecule has 31 heavy (non-hydrogen) atoms. The first-order valence-corrected chi connectivity index (χ1v) is 12.7. The zero-order valence-corrected chi connectivity index (χ0v) is 20.3. The number of piperidine rings is 1. The fraction of sp³-hybridized carbons (Fsp3) is 0.435. The summed E-state index contributed by atoms with van der Waals surface area (Å²) in [6.45, 7) is 6.66. The molecule has 0 bridgehead atoms. The summed E-state index contributed by atoms with van der Waals surface area (Å²) in [5.41, 5.74) is 3.80. The van der Waals surface area contributed by atoms with Gasteiger partial charge in [-0.05, 0) is 56.9 Å². The zero-order chi connectivity index (χ0) is 22.8. The molecule has 1 heterocycles. The monoisotopic (exact) mass is 482 g/mol. The second kappa shape index (κ2) is 9.90. The Bertz CT molecular complexity index is 1040. The predicted octanol–water partition coefficient (Wildman–Crippen LogP) is 5.03. The van der Waals surface area contributed by atoms with E-state index in [0.717, 1.165) is 16.7 Å². The van der Waals surface area contributed by atoms with E-state index in [0.29, 0.717) is 41.5 Å². The number of halogens is 2. The number of carbonyl (C=O) groups is 1. The molecule has 1 fully saturated rings. The van der Waals surface area contributed by atoms with Crippen LogP contribution in [-0.2, 0) is 20.6 Å². The molecule has 1 aliphatic rings. The third-order valence-corrected chi connectivity index (χ3v) is 8.38. The summed E-state index contributed by atoms with van der Waals surface area (Å²) in [5.74, 6) is -0.478. The van der Waals surface area contributed by atoms with Gasteiger partial charge in [0.05, 0.1) is 11.8 Å². The SMILES string of the molecule is Cc1ccc(C)c([C@@H](C)NC(=O)C2CCN(S(=O)(=O)Cc3c(Cl)cccc3Cl)CC2)c1. The van der Waals surface area contributed by atoms with E-state index >= 15 is 0 Å². The van der Waals surface area contributed by atoms with Crippen LogP contribution in [0, 0.1) is 19.8 Å². The van der Waals surface area contributed by atoms with Gasteiger partial charge in [-0.1, -0.05) is 53.0 Å². The smallest absolute Gasteiger partial charge is 0.223 e. The molecular weight excluding hydrogens is 455 g/mol. The van der Waals surface area contributed by atoms with Crippen LogP contribution in [0.2, 0.25) is 10.0 Å². The Labute approximate surface area is 194 Å². The van der Waals surface area contributed by atoms with Crippen LogP contribution < -0.4 is 5.32 Å². The number of carbonyl (C=O) groups excluding carboxylic acids is 1. The molecule has 8 heteroatoms. The fourth-order valence-electron chi connectivity index (χ4n) is 3.98. The number of nitrogens with zero attached hydrogens (tertiary/aromatic N) is 1. The van der Waals surface area contributed by atoms with Crippen LogP contribution in [0.4, 0.5) is 0 Å². The number of hydrogen-bond acceptors (Lipinski definition) is 3. The Balaban J connectivity index is 1.59. The van der Waals surface area contributed by atoms with Crippen LogP contribution >= 0.6 is 23.2 Å². The van der Waals surface area contributed by atoms with Gasteiger partial charge >= 0.3 is 0 Å². The Kier molecular flexibility index (Phi) is 7.68. The number of sulfonamides is 1. The second-order valence-corrected chi connectivity index (χ2v) is 11.0. The van der Waals surface area contributed by atoms with E-state index in [1.54, 1.807) is 18.2 Å². The molecule has 0 spiro atoms. The number of aryl methyl sites for hydroxylation is 2. The highest BCUT2D eigenvalue weighted by Gasteiger charge is 2.32. The fourth-order valence-corrected chi connectivity index (χ4v) is 6.29. The van der Waals surface area contributed by atoms with Crippen molar-refractivity contribution in [3.63, 3.8) is 0 Å². The average Bonchev–Trinajstić information content (AvgIpc) is 2.72. The Morgan fingerprint density at radius 3 is 2.35 bits per heavy atom. The maximum absolute atomic E-state index is 12.9. The second-order valence-electron chi connectivity index (χ2n) is 8.22. The zero-order valence-electron chi connectivity index (χ0n) is 18.0. The van der Waals surface area contributed by atoms with E-state index in [1.807, 2.05) is 20.8 Å². The van der Waals surface area contributed by atoms with E-state index in [-0.39, 0.29) is 23.6 Å². The lowest BCUT2D eigenvalue weighted by Gasteiger charge is -2.31. The van der Waals surface area contributed by atoms with Gasteiger partial charge in [0.15, 0.2) is 0 Å². The Morgan fingerprint density at radius 2 is 1.74 bits per heavy atom. The first-order valence-electron chi connectivity index (χ1n) is 10.4. The van der Waals surface area contributed by atoms with Gasteiger partial charge in [0.25, 0.3) is 0 Å². The molecule has 1 aliphatic heterocycles. The highest BCUT2D eigenvalue weighted by molar-refractivity contribution is 7.88. The summed E-state index contributed by atoms with van der Waals surface area (Å²) in [5, 5.41) is 3.78. The van der Waals surface area contributed by atoms with Crippen molar-refractivity contribution in [3.8, 4) is 0 Å². The standard InChI is InChI=1S/C23H28Cl2N2O3S/c1-15-7-8-16(2)19(13-15)17(3)26-23(28)18-9-11-27(12-10-18)31(29,30)14-20-21(24)5-4-6-22(20)25/h4-8,13,17-18H,9-12,14H2,1-3H3,(H,26,28)/t17-/m1/s1. The van der Waals surface area contributed by atoms with E-state index in [1.165, 1.54) is 4.31 Å². The van der Waals surface area contributed by atoms with Crippen molar-refractivity contribution in [2.24, 2.45) is 5.92 Å². The van der Waals surface area contributed by atoms with Gasteiger partial charge < -0.3 is 5.32 Å². The number of benzene rings is 2. The normalized spacial score (nSPS) is 16.8. The molecule has 0 saturated carbocycles. The van der Waals surface area contributed by atoms with Gasteiger partial charge in [-0.3, -0.25) is 4.79 Å². The molecule has 3 rings (SSSR count). The molecule has 2 aromatic rings. The third kappa shape index (κ3) is 5.80. The van der Waals surface area contributed by atoms with Crippen molar-refractivity contribution in [1.29, 1.82) is 0 Å². The average molecular weight is 483 g/mol. The van der Waals surface area contributed by atoms with Crippen molar-refractivity contribution in [3.05, 3.63) is 68.7 Å². The van der Waals surface area contributed by atoms with Gasteiger partial charge in [-0.15, -0.1) is 0 Å². The van der Waals surface area contributed by atoms with E-state index in [2.05, 4.69) is 23.5 Å². The van der Waals surface area contributed by atoms with Crippen LogP contribution in [0.1, 0.15) is 48.1 Å². The molecule has 2 aromatic carbocycles. The van der Waals surface area contributed by atoms with Gasteiger partial charge in [-0.2, -0.15) is 0 Å². The maximum atomic E-state index is 12.9. The van der Waals surface area contributed by atoms with Gasteiger partial charge in [0, 0.05) is 34.6 Å². The Morgan fingerprint density at radius 1 is 1.13 bits per heavy atom. The van der Waals surface area contributed by atoms with Crippen LogP contribution in [0.5, 0.6) is 0 Å². The summed E-state index contributed by atoms with van der Waals surface area (Å²) in [4.78, 5) is 12.8. The molecule has 0 radical (unpaired) electrons. The summed E-state index contributed by atoms with van der Waals surface area (Å²) < 4.78 is 27.2. The van der Waals surface area contributed by atoms with E-state index < -0.39 is 10.0 Å². The minimum atomic E-state index is -3.57. The molecule has 0 aliphatic carbocycles. The molecule has 1 N–H and O–H groups in total. The van der Waals surface area contributed by atoms with Crippen molar-refractivity contribution in [2.75, 3.05) is 13.1 Å². The minimum absolute atomic E-state index is 0.0281. The topological polar surface area (TPSA) is 66.5 Å². The predicted molar refractivity (Wildman–Crippen MR) is 126 cm³/mol. The van der Waals surface area contributed by atoms with Gasteiger partial charge in [0.2, 0.25) is 15.9 Å². The molecule has 1 atom stereocenters. The van der Waals surface area contributed by atoms with Crippen molar-refractivity contribution in [2.45, 2.75) is 45.4 Å². The van der Waals surface area contributed by atoms with Crippen molar-refractivity contribution < 1.29 is 13.2 Å². The Hall–Kier alpha value is -1.60. The number of hydrogen-bond donors (Lipinski definition) is 1. The quantitative estimate of drug-likeness (QED) is 0.627. The van der Waals surface area contributed by atoms with Crippen LogP contribution in [0.25, 0.3) is 0 Å². The number of nitrogens with one attached hydrogen (secondary N) is 1. The highest BCUT2D eigenvalue weighted by Crippen LogP contribution is 2.29. The molecule has 5 nitrogen and oxygen atoms in total. The van der Waals surface area contributed by atoms with Crippen molar-refractivity contribution in [1.82, 2.24) is 9.62 Å². The number of amides is 1. The third-order valence-electron chi connectivity index (χ3n) is 5.87. The molecule has 0 aromatic heterocycles. The summed E-state index contributed by atoms with van der Waals surface area (Å²) >= 11 is 12.3. The molecule has 1 amide bonds. The molecule has 1 saturated heterocycles. The summed E-state index contributed by atoms with van der Waals surface area (Å²) in [6, 6.07) is 11.1. The van der Waals surface area contributed by atoms with Crippen LogP contribution in [-0.4, -0.2) is 31.7 Å². The first kappa shape index (κ1) is 24.1. The van der Waals surface area contributed by atoms with Crippen LogP contribution in [0.3, 0.4) is 0 Å². The van der Waals surface area contributed by atoms with Gasteiger partial charge in [0.1, 0.15) is 0 Å². The lowest BCUT2D eigenvalue weighted by molar-refractivity contribution is -0.126. The van der Waals surface area contributed by atoms with E-state index in [9.17, 15) is 13.2 Å². The molecular formula is C23H28Cl2N2O3S. The van der Waals surface area contributed by atoms with Crippen LogP contribution in [0.15, 0.2) is 36.4 Å².